The molecular weight excluding hydrogens is 360 g/mol. The fraction of sp³-hybridized carbons (Fsp3) is 0.600. The van der Waals surface area contributed by atoms with E-state index in [0.717, 1.165) is 29.8 Å². The highest BCUT2D eigenvalue weighted by molar-refractivity contribution is 8.01. The molecule has 0 atom stereocenters. The number of hydrogen-bond donors (Lipinski definition) is 2. The van der Waals surface area contributed by atoms with Crippen molar-refractivity contribution in [2.45, 2.75) is 50.5 Å². The first-order valence-corrected chi connectivity index (χ1v) is 10.2. The molecule has 4 N–H and O–H groups in total. The van der Waals surface area contributed by atoms with Gasteiger partial charge in [0, 0.05) is 35.3 Å². The van der Waals surface area contributed by atoms with Crippen molar-refractivity contribution in [2.75, 3.05) is 26.9 Å². The van der Waals surface area contributed by atoms with Gasteiger partial charge in [0.2, 0.25) is 0 Å². The van der Waals surface area contributed by atoms with Gasteiger partial charge in [-0.1, -0.05) is 20.8 Å². The first kappa shape index (κ1) is 23.3. The maximum Gasteiger partial charge on any atom is 0.192 e. The molecule has 152 valence electrons. The second kappa shape index (κ2) is 11.9. The summed E-state index contributed by atoms with van der Waals surface area (Å²) in [5, 5.41) is 0.837. The lowest BCUT2D eigenvalue weighted by molar-refractivity contribution is 0.0998. The van der Waals surface area contributed by atoms with E-state index in [2.05, 4.69) is 42.5 Å². The average molecular weight is 395 g/mol. The lowest BCUT2D eigenvalue weighted by Crippen LogP contribution is -2.24. The van der Waals surface area contributed by atoms with Crippen LogP contribution in [0.5, 0.6) is 5.75 Å². The van der Waals surface area contributed by atoms with Crippen LogP contribution in [-0.2, 0) is 4.74 Å². The van der Waals surface area contributed by atoms with Gasteiger partial charge in [0.1, 0.15) is 5.75 Å². The predicted molar refractivity (Wildman–Crippen MR) is 117 cm³/mol. The topological polar surface area (TPSA) is 95.2 Å². The molecule has 1 aromatic rings. The van der Waals surface area contributed by atoms with Crippen LogP contribution >= 0.6 is 11.8 Å². The molecule has 0 aliphatic carbocycles. The van der Waals surface area contributed by atoms with Gasteiger partial charge < -0.3 is 20.9 Å². The van der Waals surface area contributed by atoms with E-state index >= 15 is 0 Å². The molecule has 1 fully saturated rings. The minimum absolute atomic E-state index is 0.00279. The zero-order chi connectivity index (χ0) is 20.3. The molecule has 0 spiro atoms. The quantitative estimate of drug-likeness (QED) is 0.602. The van der Waals surface area contributed by atoms with Crippen molar-refractivity contribution in [3.05, 3.63) is 29.8 Å². The minimum atomic E-state index is 0.00279. The number of amidine groups is 1. The van der Waals surface area contributed by atoms with Crippen LogP contribution in [0.25, 0.3) is 0 Å². The van der Waals surface area contributed by atoms with E-state index in [-0.39, 0.29) is 5.96 Å². The first-order chi connectivity index (χ1) is 12.7. The molecule has 0 unspecified atom stereocenters. The summed E-state index contributed by atoms with van der Waals surface area (Å²) in [5.74, 6) is 1.32. The van der Waals surface area contributed by atoms with Crippen LogP contribution in [0.3, 0.4) is 0 Å². The van der Waals surface area contributed by atoms with Gasteiger partial charge in [-0.25, -0.2) is 0 Å². The van der Waals surface area contributed by atoms with E-state index in [0.29, 0.717) is 17.1 Å². The lowest BCUT2D eigenvalue weighted by atomic mass is 10.2. The zero-order valence-electron chi connectivity index (χ0n) is 17.2. The largest absolute Gasteiger partial charge is 0.497 e. The molecule has 0 bridgehead atoms. The van der Waals surface area contributed by atoms with Crippen LogP contribution in [-0.4, -0.2) is 48.7 Å². The second-order valence-corrected chi connectivity index (χ2v) is 9.23. The molecule has 0 radical (unpaired) electrons. The van der Waals surface area contributed by atoms with Gasteiger partial charge in [0.25, 0.3) is 0 Å². The Labute approximate surface area is 167 Å². The van der Waals surface area contributed by atoms with E-state index in [1.165, 1.54) is 12.8 Å². The number of hydrogen-bond acceptors (Lipinski definition) is 4. The second-order valence-electron chi connectivity index (χ2n) is 7.11. The molecule has 1 aliphatic rings. The van der Waals surface area contributed by atoms with E-state index in [1.54, 1.807) is 7.11 Å². The van der Waals surface area contributed by atoms with Crippen LogP contribution in [0.2, 0.25) is 0 Å². The number of rotatable bonds is 4. The van der Waals surface area contributed by atoms with Crippen LogP contribution in [0, 0.1) is 0 Å². The normalized spacial score (nSPS) is 15.5. The van der Waals surface area contributed by atoms with Crippen molar-refractivity contribution in [3.8, 4) is 5.75 Å². The Balaban J connectivity index is 0.000000289. The van der Waals surface area contributed by atoms with Crippen molar-refractivity contribution in [1.29, 1.82) is 0 Å². The Morgan fingerprint density at radius 3 is 2.22 bits per heavy atom. The fourth-order valence-electron chi connectivity index (χ4n) is 2.50. The summed E-state index contributed by atoms with van der Waals surface area (Å²) in [6, 6.07) is 7.39. The Morgan fingerprint density at radius 1 is 1.19 bits per heavy atom. The number of nitrogens with two attached hydrogens (primary N) is 2. The Kier molecular flexibility index (Phi) is 10.3. The Hall–Kier alpha value is -1.73. The van der Waals surface area contributed by atoms with Crippen LogP contribution in [0.1, 0.15) is 46.1 Å². The smallest absolute Gasteiger partial charge is 0.192 e. The van der Waals surface area contributed by atoms with Gasteiger partial charge in [-0.3, -0.25) is 4.99 Å². The average Bonchev–Trinajstić information content (AvgIpc) is 2.61. The summed E-state index contributed by atoms with van der Waals surface area (Å²) in [6.45, 7) is 11.3. The van der Waals surface area contributed by atoms with Crippen LogP contribution < -0.4 is 16.2 Å². The van der Waals surface area contributed by atoms with Crippen molar-refractivity contribution >= 4 is 23.6 Å². The maximum absolute atomic E-state index is 5.34. The van der Waals surface area contributed by atoms with E-state index < -0.39 is 0 Å². The van der Waals surface area contributed by atoms with E-state index in [4.69, 9.17) is 20.9 Å². The number of aliphatic imine (C=N–C) groups is 2. The van der Waals surface area contributed by atoms with E-state index in [1.807, 2.05) is 31.2 Å². The number of thioether (sulfide) groups is 1. The van der Waals surface area contributed by atoms with Gasteiger partial charge in [-0.2, -0.15) is 16.8 Å². The molecule has 0 saturated carbocycles. The highest BCUT2D eigenvalue weighted by Gasteiger charge is 2.21. The number of nitrogens with zero attached hydrogens (tertiary/aromatic N) is 2. The predicted octanol–water partition coefficient (Wildman–Crippen LogP) is 3.43. The van der Waals surface area contributed by atoms with Gasteiger partial charge in [-0.15, -0.1) is 0 Å². The molecule has 6 nitrogen and oxygen atoms in total. The fourth-order valence-corrected chi connectivity index (χ4v) is 3.93. The summed E-state index contributed by atoms with van der Waals surface area (Å²) < 4.78 is 10.8. The molecule has 1 aliphatic heterocycles. The van der Waals surface area contributed by atoms with Gasteiger partial charge >= 0.3 is 0 Å². The third kappa shape index (κ3) is 10.2. The Bertz CT molecular complexity index is 599. The van der Waals surface area contributed by atoms with Crippen molar-refractivity contribution in [1.82, 2.24) is 0 Å². The molecule has 1 saturated heterocycles. The molecule has 27 heavy (non-hydrogen) atoms. The highest BCUT2D eigenvalue weighted by Crippen LogP contribution is 2.32. The van der Waals surface area contributed by atoms with Crippen molar-refractivity contribution in [2.24, 2.45) is 21.5 Å². The standard InChI is InChI=1S/C11H16N4O.C9H18OS/c1-3-14-10(15-11(12)13)8-4-6-9(16-2)7-5-8;1-9(2,3)11-8-4-6-10-7-5-8/h4-7H,3H2,1-2H3,(H4,12,13,14,15);8H,4-7H2,1-3H3. The van der Waals surface area contributed by atoms with Crippen molar-refractivity contribution in [3.63, 3.8) is 0 Å². The monoisotopic (exact) mass is 394 g/mol. The number of guanidine groups is 1. The van der Waals surface area contributed by atoms with E-state index in [9.17, 15) is 0 Å². The first-order valence-electron chi connectivity index (χ1n) is 9.29. The van der Waals surface area contributed by atoms with Gasteiger partial charge in [0.15, 0.2) is 11.8 Å². The van der Waals surface area contributed by atoms with Gasteiger partial charge in [-0.05, 0) is 44.0 Å². The molecule has 2 rings (SSSR count). The summed E-state index contributed by atoms with van der Waals surface area (Å²) >= 11 is 2.10. The molecule has 1 heterocycles. The zero-order valence-corrected chi connectivity index (χ0v) is 18.0. The SMILES string of the molecule is CC(C)(C)SC1CCOCC1.CCN=C(N=C(N)N)c1ccc(OC)cc1. The summed E-state index contributed by atoms with van der Waals surface area (Å²) in [6.07, 6.45) is 2.48. The lowest BCUT2D eigenvalue weighted by Gasteiger charge is -2.28. The minimum Gasteiger partial charge on any atom is -0.497 e. The van der Waals surface area contributed by atoms with Crippen molar-refractivity contribution < 1.29 is 9.47 Å². The molecule has 7 heteroatoms. The maximum atomic E-state index is 5.34. The summed E-state index contributed by atoms with van der Waals surface area (Å²) in [7, 11) is 1.62. The molecule has 0 amide bonds. The number of methoxy groups -OCH3 is 1. The number of ether oxygens (including phenoxy) is 2. The van der Waals surface area contributed by atoms with Crippen LogP contribution in [0.4, 0.5) is 0 Å². The highest BCUT2D eigenvalue weighted by atomic mass is 32.2. The third-order valence-corrected chi connectivity index (χ3v) is 5.09. The summed E-state index contributed by atoms with van der Waals surface area (Å²) in [5.41, 5.74) is 11.5. The molecule has 1 aromatic carbocycles. The Morgan fingerprint density at radius 2 is 1.78 bits per heavy atom. The number of benzene rings is 1. The third-order valence-electron chi connectivity index (χ3n) is 3.58. The molecular formula is C20H34N4O2S. The summed E-state index contributed by atoms with van der Waals surface area (Å²) in [4.78, 5) is 8.19. The van der Waals surface area contributed by atoms with Gasteiger partial charge in [0.05, 0.1) is 7.11 Å². The van der Waals surface area contributed by atoms with Crippen LogP contribution in [0.15, 0.2) is 34.3 Å². The molecule has 0 aromatic heterocycles.